The summed E-state index contributed by atoms with van der Waals surface area (Å²) in [6.45, 7) is 1.29. The zero-order valence-corrected chi connectivity index (χ0v) is 11.4. The van der Waals surface area contributed by atoms with Crippen molar-refractivity contribution in [3.63, 3.8) is 0 Å². The maximum absolute atomic E-state index is 5.59. The number of halogens is 1. The molecular formula is C13H14BrN3O. The second kappa shape index (κ2) is 6.26. The lowest BCUT2D eigenvalue weighted by molar-refractivity contribution is 0.333. The Bertz CT molecular complexity index is 502. The first kappa shape index (κ1) is 12.7. The molecule has 94 valence electrons. The van der Waals surface area contributed by atoms with Gasteiger partial charge in [-0.15, -0.1) is 0 Å². The maximum atomic E-state index is 5.59. The Kier molecular flexibility index (Phi) is 4.41. The first-order valence-corrected chi connectivity index (χ1v) is 6.36. The zero-order valence-electron chi connectivity index (χ0n) is 9.77. The number of hydrogen-bond acceptors (Lipinski definition) is 4. The fourth-order valence-corrected chi connectivity index (χ4v) is 1.80. The van der Waals surface area contributed by atoms with Crippen LogP contribution in [0.1, 0.15) is 0 Å². The average Bonchev–Trinajstić information content (AvgIpc) is 2.37. The molecule has 0 saturated carbocycles. The molecule has 0 aliphatic rings. The van der Waals surface area contributed by atoms with Crippen molar-refractivity contribution >= 4 is 27.3 Å². The molecule has 4 nitrogen and oxygen atoms in total. The molecule has 0 spiro atoms. The Labute approximate surface area is 114 Å². The summed E-state index contributed by atoms with van der Waals surface area (Å²) in [5, 5.41) is 3.22. The lowest BCUT2D eigenvalue weighted by Gasteiger charge is -2.08. The quantitative estimate of drug-likeness (QED) is 0.658. The number of ether oxygens (including phenoxy) is 1. The van der Waals surface area contributed by atoms with E-state index < -0.39 is 0 Å². The van der Waals surface area contributed by atoms with Gasteiger partial charge in [0, 0.05) is 22.9 Å². The number of pyridine rings is 1. The highest BCUT2D eigenvalue weighted by atomic mass is 79.9. The van der Waals surface area contributed by atoms with Crippen LogP contribution < -0.4 is 15.8 Å². The number of nitrogens with zero attached hydrogens (tertiary/aromatic N) is 1. The third-order valence-corrected chi connectivity index (χ3v) is 2.72. The molecule has 1 aromatic carbocycles. The Morgan fingerprint density at radius 1 is 1.22 bits per heavy atom. The molecule has 1 aromatic heterocycles. The molecule has 0 bridgehead atoms. The van der Waals surface area contributed by atoms with Gasteiger partial charge in [-0.3, -0.25) is 4.98 Å². The van der Waals surface area contributed by atoms with Crippen molar-refractivity contribution in [1.82, 2.24) is 4.98 Å². The lowest BCUT2D eigenvalue weighted by atomic mass is 10.3. The summed E-state index contributed by atoms with van der Waals surface area (Å²) in [6.07, 6.45) is 3.52. The fraction of sp³-hybridized carbons (Fsp3) is 0.154. The van der Waals surface area contributed by atoms with Gasteiger partial charge in [-0.2, -0.15) is 0 Å². The summed E-state index contributed by atoms with van der Waals surface area (Å²) in [5.41, 5.74) is 7.29. The molecule has 2 rings (SSSR count). The van der Waals surface area contributed by atoms with Gasteiger partial charge < -0.3 is 15.8 Å². The third-order valence-electron chi connectivity index (χ3n) is 2.28. The number of hydrogen-bond donors (Lipinski definition) is 2. The summed E-state index contributed by atoms with van der Waals surface area (Å²) in [6, 6.07) is 9.32. The van der Waals surface area contributed by atoms with E-state index in [0.29, 0.717) is 13.2 Å². The van der Waals surface area contributed by atoms with Crippen molar-refractivity contribution < 1.29 is 4.74 Å². The summed E-state index contributed by atoms with van der Waals surface area (Å²) < 4.78 is 6.51. The minimum Gasteiger partial charge on any atom is -0.492 e. The maximum Gasteiger partial charge on any atom is 0.119 e. The number of nitrogen functional groups attached to an aromatic ring is 1. The topological polar surface area (TPSA) is 60.2 Å². The van der Waals surface area contributed by atoms with Crippen molar-refractivity contribution in [3.05, 3.63) is 47.2 Å². The molecule has 0 amide bonds. The van der Waals surface area contributed by atoms with Gasteiger partial charge in [-0.1, -0.05) is 0 Å². The van der Waals surface area contributed by atoms with Gasteiger partial charge in [-0.05, 0) is 46.3 Å². The minimum atomic E-state index is 0.580. The number of nitrogens with two attached hydrogens (primary N) is 1. The van der Waals surface area contributed by atoms with E-state index in [0.717, 1.165) is 21.6 Å². The number of rotatable bonds is 5. The van der Waals surface area contributed by atoms with E-state index in [2.05, 4.69) is 26.2 Å². The standard InChI is InChI=1S/C13H14BrN3O/c14-10-7-12(9-16-8-10)17-5-6-18-13-3-1-11(15)2-4-13/h1-4,7-9,17H,5-6,15H2. The van der Waals surface area contributed by atoms with E-state index in [4.69, 9.17) is 10.5 Å². The molecule has 5 heteroatoms. The van der Waals surface area contributed by atoms with Crippen LogP contribution in [0.15, 0.2) is 47.2 Å². The Balaban J connectivity index is 1.74. The first-order chi connectivity index (χ1) is 8.74. The lowest BCUT2D eigenvalue weighted by Crippen LogP contribution is -2.11. The molecule has 2 aromatic rings. The average molecular weight is 308 g/mol. The summed E-state index contributed by atoms with van der Waals surface area (Å²) in [4.78, 5) is 4.07. The van der Waals surface area contributed by atoms with Gasteiger partial charge in [0.15, 0.2) is 0 Å². The molecule has 3 N–H and O–H groups in total. The molecule has 0 unspecified atom stereocenters. The predicted molar refractivity (Wildman–Crippen MR) is 76.8 cm³/mol. The Hall–Kier alpha value is -1.75. The van der Waals surface area contributed by atoms with Gasteiger partial charge in [0.2, 0.25) is 0 Å². The molecule has 0 radical (unpaired) electrons. The highest BCUT2D eigenvalue weighted by molar-refractivity contribution is 9.10. The first-order valence-electron chi connectivity index (χ1n) is 5.57. The molecular weight excluding hydrogens is 294 g/mol. The highest BCUT2D eigenvalue weighted by Gasteiger charge is 1.95. The van der Waals surface area contributed by atoms with Crippen LogP contribution in [0.5, 0.6) is 5.75 Å². The van der Waals surface area contributed by atoms with E-state index in [1.807, 2.05) is 30.3 Å². The molecule has 18 heavy (non-hydrogen) atoms. The van der Waals surface area contributed by atoms with Gasteiger partial charge in [-0.25, -0.2) is 0 Å². The van der Waals surface area contributed by atoms with Crippen LogP contribution in [0, 0.1) is 0 Å². The summed E-state index contributed by atoms with van der Waals surface area (Å²) in [5.74, 6) is 0.818. The van der Waals surface area contributed by atoms with Crippen molar-refractivity contribution in [2.45, 2.75) is 0 Å². The van der Waals surface area contributed by atoms with E-state index in [1.54, 1.807) is 12.4 Å². The smallest absolute Gasteiger partial charge is 0.119 e. The monoisotopic (exact) mass is 307 g/mol. The van der Waals surface area contributed by atoms with Crippen LogP contribution >= 0.6 is 15.9 Å². The molecule has 0 fully saturated rings. The van der Waals surface area contributed by atoms with Crippen molar-refractivity contribution in [2.75, 3.05) is 24.2 Å². The van der Waals surface area contributed by atoms with Crippen molar-refractivity contribution in [2.24, 2.45) is 0 Å². The van der Waals surface area contributed by atoms with E-state index in [1.165, 1.54) is 0 Å². The van der Waals surface area contributed by atoms with Gasteiger partial charge in [0.05, 0.1) is 11.9 Å². The van der Waals surface area contributed by atoms with Crippen LogP contribution in [0.25, 0.3) is 0 Å². The van der Waals surface area contributed by atoms with Crippen LogP contribution in [0.3, 0.4) is 0 Å². The normalized spacial score (nSPS) is 10.1. The third kappa shape index (κ3) is 3.92. The summed E-state index contributed by atoms with van der Waals surface area (Å²) in [7, 11) is 0. The second-order valence-electron chi connectivity index (χ2n) is 3.74. The number of anilines is 2. The fourth-order valence-electron chi connectivity index (χ4n) is 1.44. The SMILES string of the molecule is Nc1ccc(OCCNc2cncc(Br)c2)cc1. The van der Waals surface area contributed by atoms with Crippen LogP contribution in [-0.4, -0.2) is 18.1 Å². The second-order valence-corrected chi connectivity index (χ2v) is 4.65. The molecule has 0 atom stereocenters. The Morgan fingerprint density at radius 3 is 2.72 bits per heavy atom. The summed E-state index contributed by atoms with van der Waals surface area (Å²) >= 11 is 3.37. The molecule has 1 heterocycles. The largest absolute Gasteiger partial charge is 0.492 e. The van der Waals surface area contributed by atoms with E-state index >= 15 is 0 Å². The van der Waals surface area contributed by atoms with Crippen LogP contribution in [-0.2, 0) is 0 Å². The van der Waals surface area contributed by atoms with E-state index in [9.17, 15) is 0 Å². The number of benzene rings is 1. The van der Waals surface area contributed by atoms with Crippen molar-refractivity contribution in [3.8, 4) is 5.75 Å². The molecule has 0 aliphatic carbocycles. The van der Waals surface area contributed by atoms with Gasteiger partial charge in [0.25, 0.3) is 0 Å². The number of aromatic nitrogens is 1. The van der Waals surface area contributed by atoms with Crippen molar-refractivity contribution in [1.29, 1.82) is 0 Å². The number of nitrogens with one attached hydrogen (secondary N) is 1. The van der Waals surface area contributed by atoms with Gasteiger partial charge >= 0.3 is 0 Å². The van der Waals surface area contributed by atoms with E-state index in [-0.39, 0.29) is 0 Å². The van der Waals surface area contributed by atoms with Crippen LogP contribution in [0.2, 0.25) is 0 Å². The minimum absolute atomic E-state index is 0.580. The molecule has 0 aliphatic heterocycles. The van der Waals surface area contributed by atoms with Gasteiger partial charge in [0.1, 0.15) is 12.4 Å². The Morgan fingerprint density at radius 2 is 2.00 bits per heavy atom. The predicted octanol–water partition coefficient (Wildman–Crippen LogP) is 2.92. The molecule has 0 saturated heterocycles. The highest BCUT2D eigenvalue weighted by Crippen LogP contribution is 2.14. The zero-order chi connectivity index (χ0) is 12.8. The van der Waals surface area contributed by atoms with Crippen LogP contribution in [0.4, 0.5) is 11.4 Å².